The fraction of sp³-hybridized carbons (Fsp3) is 0.391. The molecule has 4 nitrogen and oxygen atoms in total. The van der Waals surface area contributed by atoms with Crippen LogP contribution in [0.15, 0.2) is 34.7 Å². The van der Waals surface area contributed by atoms with Crippen molar-refractivity contribution in [1.29, 1.82) is 0 Å². The Morgan fingerprint density at radius 2 is 1.85 bits per heavy atom. The van der Waals surface area contributed by atoms with Crippen LogP contribution in [0.25, 0.3) is 22.4 Å². The van der Waals surface area contributed by atoms with Crippen molar-refractivity contribution >= 4 is 16.9 Å². The van der Waals surface area contributed by atoms with Crippen LogP contribution in [-0.2, 0) is 6.42 Å². The average molecular weight is 364 g/mol. The third-order valence-electron chi connectivity index (χ3n) is 4.91. The molecule has 3 rings (SSSR count). The number of carboxylic acid groups (broad SMARTS) is 1. The first-order valence-corrected chi connectivity index (χ1v) is 9.72. The standard InChI is InChI=1S/C23H27NO3/c1-4-5-6-7-8-9-17-10-11-21(27-17)20-14-19(23(25)26)18-13-15(2)12-16(3)22(18)24-20/h10-14H,4-9H2,1-3H3,(H,25,26)/p-1. The summed E-state index contributed by atoms with van der Waals surface area (Å²) >= 11 is 0. The number of unbranched alkanes of at least 4 members (excludes halogenated alkanes) is 4. The lowest BCUT2D eigenvalue weighted by atomic mass is 10.0. The van der Waals surface area contributed by atoms with E-state index >= 15 is 0 Å². The molecule has 1 aromatic carbocycles. The quantitative estimate of drug-likeness (QED) is 0.528. The molecule has 0 saturated heterocycles. The molecule has 2 heterocycles. The van der Waals surface area contributed by atoms with Gasteiger partial charge in [0, 0.05) is 17.4 Å². The summed E-state index contributed by atoms with van der Waals surface area (Å²) < 4.78 is 5.95. The summed E-state index contributed by atoms with van der Waals surface area (Å²) in [4.78, 5) is 16.4. The number of hydrogen-bond donors (Lipinski definition) is 0. The Bertz CT molecular complexity index is 956. The zero-order chi connectivity index (χ0) is 19.4. The summed E-state index contributed by atoms with van der Waals surface area (Å²) in [6.45, 7) is 6.09. The Morgan fingerprint density at radius 3 is 2.59 bits per heavy atom. The Balaban J connectivity index is 1.90. The van der Waals surface area contributed by atoms with E-state index in [4.69, 9.17) is 4.42 Å². The largest absolute Gasteiger partial charge is 0.545 e. The van der Waals surface area contributed by atoms with Crippen LogP contribution >= 0.6 is 0 Å². The van der Waals surface area contributed by atoms with Crippen molar-refractivity contribution in [3.63, 3.8) is 0 Å². The van der Waals surface area contributed by atoms with Crippen molar-refractivity contribution in [2.75, 3.05) is 0 Å². The zero-order valence-corrected chi connectivity index (χ0v) is 16.3. The van der Waals surface area contributed by atoms with Crippen molar-refractivity contribution in [2.24, 2.45) is 0 Å². The predicted octanol–water partition coefficient (Wildman–Crippen LogP) is 4.99. The number of pyridine rings is 1. The van der Waals surface area contributed by atoms with Crippen LogP contribution in [0.4, 0.5) is 0 Å². The number of carbonyl (C=O) groups excluding carboxylic acids is 1. The Labute approximate surface area is 160 Å². The van der Waals surface area contributed by atoms with E-state index in [9.17, 15) is 9.90 Å². The maximum absolute atomic E-state index is 11.7. The molecule has 0 spiro atoms. The predicted molar refractivity (Wildman–Crippen MR) is 106 cm³/mol. The number of carboxylic acids is 1. The number of aryl methyl sites for hydroxylation is 3. The fourth-order valence-corrected chi connectivity index (χ4v) is 3.53. The van der Waals surface area contributed by atoms with Gasteiger partial charge in [-0.25, -0.2) is 4.98 Å². The highest BCUT2D eigenvalue weighted by atomic mass is 16.4. The molecule has 0 amide bonds. The van der Waals surface area contributed by atoms with E-state index in [0.717, 1.165) is 29.7 Å². The Hall–Kier alpha value is -2.62. The molecule has 27 heavy (non-hydrogen) atoms. The van der Waals surface area contributed by atoms with Gasteiger partial charge in [-0.2, -0.15) is 0 Å². The fourth-order valence-electron chi connectivity index (χ4n) is 3.53. The van der Waals surface area contributed by atoms with Gasteiger partial charge >= 0.3 is 0 Å². The molecule has 4 heteroatoms. The van der Waals surface area contributed by atoms with Gasteiger partial charge in [-0.1, -0.05) is 44.2 Å². The first-order valence-electron chi connectivity index (χ1n) is 9.72. The average Bonchev–Trinajstić information content (AvgIpc) is 3.09. The van der Waals surface area contributed by atoms with E-state index in [0.29, 0.717) is 22.4 Å². The second-order valence-corrected chi connectivity index (χ2v) is 7.25. The minimum atomic E-state index is -1.20. The van der Waals surface area contributed by atoms with Crippen molar-refractivity contribution < 1.29 is 14.3 Å². The maximum atomic E-state index is 11.7. The highest BCUT2D eigenvalue weighted by molar-refractivity contribution is 6.03. The molecule has 0 fully saturated rings. The lowest BCUT2D eigenvalue weighted by Gasteiger charge is -2.12. The molecule has 0 aliphatic heterocycles. The monoisotopic (exact) mass is 364 g/mol. The van der Waals surface area contributed by atoms with Crippen molar-refractivity contribution in [3.05, 3.63) is 52.8 Å². The molecular weight excluding hydrogens is 338 g/mol. The highest BCUT2D eigenvalue weighted by Crippen LogP contribution is 2.29. The number of fused-ring (bicyclic) bond motifs is 1. The van der Waals surface area contributed by atoms with Crippen LogP contribution in [0.1, 0.15) is 66.3 Å². The summed E-state index contributed by atoms with van der Waals surface area (Å²) in [7, 11) is 0. The molecule has 0 aliphatic rings. The number of aromatic nitrogens is 1. The molecule has 0 unspecified atom stereocenters. The normalized spacial score (nSPS) is 11.2. The lowest BCUT2D eigenvalue weighted by Crippen LogP contribution is -2.23. The van der Waals surface area contributed by atoms with E-state index < -0.39 is 5.97 Å². The lowest BCUT2D eigenvalue weighted by molar-refractivity contribution is -0.254. The molecule has 0 bridgehead atoms. The number of nitrogens with zero attached hydrogens (tertiary/aromatic N) is 1. The molecule has 2 aromatic heterocycles. The van der Waals surface area contributed by atoms with Gasteiger partial charge in [-0.15, -0.1) is 0 Å². The third-order valence-corrected chi connectivity index (χ3v) is 4.91. The SMILES string of the molecule is CCCCCCCc1ccc(-c2cc(C(=O)[O-])c3cc(C)cc(C)c3n2)o1. The number of furan rings is 1. The summed E-state index contributed by atoms with van der Waals surface area (Å²) in [5, 5.41) is 12.3. The molecular formula is C23H26NO3-. The molecule has 142 valence electrons. The van der Waals surface area contributed by atoms with Gasteiger partial charge in [0.25, 0.3) is 0 Å². The summed E-state index contributed by atoms with van der Waals surface area (Å²) in [6.07, 6.45) is 6.95. The van der Waals surface area contributed by atoms with Gasteiger partial charge in [0.05, 0.1) is 11.5 Å². The van der Waals surface area contributed by atoms with Crippen LogP contribution < -0.4 is 5.11 Å². The number of rotatable bonds is 8. The molecule has 0 saturated carbocycles. The minimum Gasteiger partial charge on any atom is -0.545 e. The van der Waals surface area contributed by atoms with Crippen molar-refractivity contribution in [2.45, 2.75) is 59.3 Å². The molecule has 0 aliphatic carbocycles. The van der Waals surface area contributed by atoms with E-state index in [1.807, 2.05) is 38.1 Å². The summed E-state index contributed by atoms with van der Waals surface area (Å²) in [6, 6.07) is 9.23. The van der Waals surface area contributed by atoms with E-state index in [1.54, 1.807) is 6.07 Å². The number of aromatic carboxylic acids is 1. The first kappa shape index (κ1) is 19.2. The highest BCUT2D eigenvalue weighted by Gasteiger charge is 2.13. The van der Waals surface area contributed by atoms with Gasteiger partial charge in [0.2, 0.25) is 0 Å². The smallest absolute Gasteiger partial charge is 0.152 e. The summed E-state index contributed by atoms with van der Waals surface area (Å²) in [5.41, 5.74) is 3.30. The second-order valence-electron chi connectivity index (χ2n) is 7.25. The number of carbonyl (C=O) groups is 1. The topological polar surface area (TPSA) is 66.2 Å². The molecule has 3 aromatic rings. The van der Waals surface area contributed by atoms with Gasteiger partial charge in [-0.05, 0) is 50.1 Å². The van der Waals surface area contributed by atoms with E-state index in [-0.39, 0.29) is 5.56 Å². The van der Waals surface area contributed by atoms with Gasteiger partial charge in [-0.3, -0.25) is 0 Å². The molecule has 0 N–H and O–H groups in total. The van der Waals surface area contributed by atoms with Crippen LogP contribution in [0.5, 0.6) is 0 Å². The van der Waals surface area contributed by atoms with E-state index in [2.05, 4.69) is 11.9 Å². The Kier molecular flexibility index (Phi) is 5.94. The molecule has 0 atom stereocenters. The van der Waals surface area contributed by atoms with Crippen molar-refractivity contribution in [3.8, 4) is 11.5 Å². The van der Waals surface area contributed by atoms with Crippen molar-refractivity contribution in [1.82, 2.24) is 4.98 Å². The van der Waals surface area contributed by atoms with E-state index in [1.165, 1.54) is 25.7 Å². The van der Waals surface area contributed by atoms with Gasteiger partial charge in [0.15, 0.2) is 5.76 Å². The van der Waals surface area contributed by atoms with Crippen LogP contribution in [0.3, 0.4) is 0 Å². The third kappa shape index (κ3) is 4.38. The van der Waals surface area contributed by atoms with Crippen LogP contribution in [0.2, 0.25) is 0 Å². The number of hydrogen-bond acceptors (Lipinski definition) is 4. The first-order chi connectivity index (χ1) is 13.0. The zero-order valence-electron chi connectivity index (χ0n) is 16.3. The minimum absolute atomic E-state index is 0.152. The van der Waals surface area contributed by atoms with Crippen LogP contribution in [0, 0.1) is 13.8 Å². The maximum Gasteiger partial charge on any atom is 0.152 e. The number of benzene rings is 1. The Morgan fingerprint density at radius 1 is 1.07 bits per heavy atom. The van der Waals surface area contributed by atoms with Gasteiger partial charge in [0.1, 0.15) is 11.5 Å². The molecule has 0 radical (unpaired) electrons. The van der Waals surface area contributed by atoms with Gasteiger partial charge < -0.3 is 14.3 Å². The van der Waals surface area contributed by atoms with Crippen LogP contribution in [-0.4, -0.2) is 11.0 Å². The second kappa shape index (κ2) is 8.38. The summed E-state index contributed by atoms with van der Waals surface area (Å²) in [5.74, 6) is 0.318.